The zero-order valence-electron chi connectivity index (χ0n) is 16.2. The Morgan fingerprint density at radius 3 is 2.86 bits per heavy atom. The molecule has 0 atom stereocenters. The van der Waals surface area contributed by atoms with Gasteiger partial charge in [-0.2, -0.15) is 4.98 Å². The topological polar surface area (TPSA) is 153 Å². The Morgan fingerprint density at radius 2 is 2.17 bits per heavy atom. The first kappa shape index (κ1) is 20.1. The van der Waals surface area contributed by atoms with Crippen molar-refractivity contribution in [3.63, 3.8) is 0 Å². The van der Waals surface area contributed by atoms with E-state index in [0.29, 0.717) is 18.7 Å². The van der Waals surface area contributed by atoms with E-state index in [0.717, 1.165) is 11.3 Å². The molecule has 154 valence electrons. The molecular formula is C18H22N6O5. The quantitative estimate of drug-likeness (QED) is 0.569. The van der Waals surface area contributed by atoms with Crippen molar-refractivity contribution < 1.29 is 13.7 Å². The number of nitrogens with two attached hydrogens (primary N) is 1. The lowest BCUT2D eigenvalue weighted by atomic mass is 10.2. The molecule has 11 heteroatoms. The van der Waals surface area contributed by atoms with Crippen LogP contribution in [0.3, 0.4) is 0 Å². The van der Waals surface area contributed by atoms with Gasteiger partial charge in [-0.3, -0.25) is 19.1 Å². The van der Waals surface area contributed by atoms with E-state index in [1.807, 2.05) is 6.92 Å². The van der Waals surface area contributed by atoms with E-state index < -0.39 is 11.2 Å². The molecule has 0 aromatic carbocycles. The summed E-state index contributed by atoms with van der Waals surface area (Å²) < 4.78 is 11.6. The molecule has 29 heavy (non-hydrogen) atoms. The first-order chi connectivity index (χ1) is 13.9. The Kier molecular flexibility index (Phi) is 5.96. The van der Waals surface area contributed by atoms with Gasteiger partial charge in [0.15, 0.2) is 11.4 Å². The summed E-state index contributed by atoms with van der Waals surface area (Å²) in [5.74, 6) is 0.570. The van der Waals surface area contributed by atoms with Crippen LogP contribution in [-0.4, -0.2) is 32.6 Å². The van der Waals surface area contributed by atoms with Crippen LogP contribution in [-0.2, 0) is 17.8 Å². The van der Waals surface area contributed by atoms with Crippen molar-refractivity contribution in [2.75, 3.05) is 17.7 Å². The van der Waals surface area contributed by atoms with Gasteiger partial charge in [0.05, 0.1) is 6.26 Å². The molecule has 0 unspecified atom stereocenters. The molecule has 3 heterocycles. The predicted molar refractivity (Wildman–Crippen MR) is 104 cm³/mol. The number of anilines is 2. The molecule has 3 aromatic rings. The number of hydrogen-bond acceptors (Lipinski definition) is 8. The third-order valence-electron chi connectivity index (χ3n) is 4.42. The summed E-state index contributed by atoms with van der Waals surface area (Å²) >= 11 is 0. The van der Waals surface area contributed by atoms with E-state index in [1.165, 1.54) is 17.9 Å². The van der Waals surface area contributed by atoms with Crippen molar-refractivity contribution >= 4 is 17.4 Å². The molecule has 3 rings (SSSR count). The third kappa shape index (κ3) is 4.28. The molecule has 0 bridgehead atoms. The van der Waals surface area contributed by atoms with Gasteiger partial charge in [0.1, 0.15) is 5.82 Å². The van der Waals surface area contributed by atoms with E-state index in [-0.39, 0.29) is 42.0 Å². The maximum absolute atomic E-state index is 12.6. The second kappa shape index (κ2) is 8.59. The number of hydrogen-bond donors (Lipinski definition) is 2. The van der Waals surface area contributed by atoms with Crippen LogP contribution in [0.1, 0.15) is 32.1 Å². The number of aromatic amines is 1. The van der Waals surface area contributed by atoms with E-state index >= 15 is 0 Å². The van der Waals surface area contributed by atoms with Crippen LogP contribution in [0.25, 0.3) is 11.6 Å². The van der Waals surface area contributed by atoms with Gasteiger partial charge in [0, 0.05) is 26.4 Å². The van der Waals surface area contributed by atoms with Gasteiger partial charge >= 0.3 is 5.69 Å². The number of unbranched alkanes of at least 4 members (excludes halogenated alkanes) is 1. The van der Waals surface area contributed by atoms with Gasteiger partial charge in [-0.1, -0.05) is 18.5 Å². The van der Waals surface area contributed by atoms with Crippen LogP contribution < -0.4 is 21.9 Å². The number of nitrogen functional groups attached to an aromatic ring is 1. The average Bonchev–Trinajstić information content (AvgIpc) is 3.37. The lowest BCUT2D eigenvalue weighted by Crippen LogP contribution is -2.39. The lowest BCUT2D eigenvalue weighted by molar-refractivity contribution is -0.118. The number of furan rings is 1. The standard InChI is InChI=1S/C18H22N6O5/c1-3-4-9-24-15(19)14(17(26)21-18(24)27)23(2)13(25)8-7-12-20-16(22-29-12)11-6-5-10-28-11/h5-6,10H,3-4,7-9,19H2,1-2H3,(H,21,26,27). The van der Waals surface area contributed by atoms with Crippen LogP contribution in [0, 0.1) is 0 Å². The molecule has 0 saturated carbocycles. The molecule has 3 N–H and O–H groups in total. The van der Waals surface area contributed by atoms with Crippen LogP contribution in [0.2, 0.25) is 0 Å². The van der Waals surface area contributed by atoms with Gasteiger partial charge in [-0.15, -0.1) is 0 Å². The number of nitrogens with zero attached hydrogens (tertiary/aromatic N) is 4. The molecule has 0 spiro atoms. The zero-order chi connectivity index (χ0) is 21.0. The smallest absolute Gasteiger partial charge is 0.330 e. The van der Waals surface area contributed by atoms with Crippen molar-refractivity contribution in [2.24, 2.45) is 0 Å². The summed E-state index contributed by atoms with van der Waals surface area (Å²) in [6.45, 7) is 2.32. The highest BCUT2D eigenvalue weighted by Gasteiger charge is 2.21. The van der Waals surface area contributed by atoms with Crippen molar-refractivity contribution in [2.45, 2.75) is 39.2 Å². The highest BCUT2D eigenvalue weighted by molar-refractivity contribution is 5.95. The predicted octanol–water partition coefficient (Wildman–Crippen LogP) is 1.16. The minimum absolute atomic E-state index is 0.00323. The number of aryl methyl sites for hydroxylation is 1. The van der Waals surface area contributed by atoms with E-state index in [1.54, 1.807) is 12.1 Å². The highest BCUT2D eigenvalue weighted by atomic mass is 16.5. The number of carbonyl (C=O) groups is 1. The maximum atomic E-state index is 12.6. The Hall–Kier alpha value is -3.63. The van der Waals surface area contributed by atoms with Crippen LogP contribution in [0.4, 0.5) is 11.5 Å². The van der Waals surface area contributed by atoms with Gasteiger partial charge in [-0.05, 0) is 18.6 Å². The van der Waals surface area contributed by atoms with Crippen molar-refractivity contribution in [1.29, 1.82) is 0 Å². The highest BCUT2D eigenvalue weighted by Crippen LogP contribution is 2.18. The maximum Gasteiger partial charge on any atom is 0.330 e. The summed E-state index contributed by atoms with van der Waals surface area (Å²) in [5, 5.41) is 3.80. The number of amides is 1. The second-order valence-electron chi connectivity index (χ2n) is 6.44. The fraction of sp³-hybridized carbons (Fsp3) is 0.389. The number of rotatable bonds is 8. The molecule has 0 aliphatic rings. The first-order valence-corrected chi connectivity index (χ1v) is 9.18. The van der Waals surface area contributed by atoms with Crippen molar-refractivity contribution in [3.05, 3.63) is 45.1 Å². The Bertz CT molecular complexity index is 1090. The Labute approximate surface area is 165 Å². The first-order valence-electron chi connectivity index (χ1n) is 9.18. The van der Waals surface area contributed by atoms with Gasteiger partial charge in [-0.25, -0.2) is 4.79 Å². The number of carbonyl (C=O) groups excluding carboxylic acids is 1. The molecule has 0 aliphatic carbocycles. The van der Waals surface area contributed by atoms with Crippen molar-refractivity contribution in [3.8, 4) is 11.6 Å². The zero-order valence-corrected chi connectivity index (χ0v) is 16.2. The fourth-order valence-electron chi connectivity index (χ4n) is 2.81. The largest absolute Gasteiger partial charge is 0.461 e. The molecule has 0 saturated heterocycles. The van der Waals surface area contributed by atoms with Crippen molar-refractivity contribution in [1.82, 2.24) is 19.7 Å². The normalized spacial score (nSPS) is 11.0. The van der Waals surface area contributed by atoms with Crippen LogP contribution >= 0.6 is 0 Å². The summed E-state index contributed by atoms with van der Waals surface area (Å²) in [6, 6.07) is 3.39. The van der Waals surface area contributed by atoms with Crippen LogP contribution in [0.5, 0.6) is 0 Å². The molecule has 3 aromatic heterocycles. The average molecular weight is 402 g/mol. The van der Waals surface area contributed by atoms with E-state index in [2.05, 4.69) is 15.1 Å². The molecule has 0 aliphatic heterocycles. The third-order valence-corrected chi connectivity index (χ3v) is 4.42. The second-order valence-corrected chi connectivity index (χ2v) is 6.44. The monoisotopic (exact) mass is 402 g/mol. The minimum Gasteiger partial charge on any atom is -0.461 e. The van der Waals surface area contributed by atoms with Gasteiger partial charge in [0.25, 0.3) is 5.56 Å². The molecule has 11 nitrogen and oxygen atoms in total. The summed E-state index contributed by atoms with van der Waals surface area (Å²) in [7, 11) is 1.43. The van der Waals surface area contributed by atoms with E-state index in [9.17, 15) is 14.4 Å². The van der Waals surface area contributed by atoms with Gasteiger partial charge in [0.2, 0.25) is 17.6 Å². The fourth-order valence-corrected chi connectivity index (χ4v) is 2.81. The lowest BCUT2D eigenvalue weighted by Gasteiger charge is -2.20. The number of nitrogens with one attached hydrogen (secondary N) is 1. The van der Waals surface area contributed by atoms with E-state index in [4.69, 9.17) is 14.7 Å². The SMILES string of the molecule is CCCCn1c(N)c(N(C)C(=O)CCc2nc(-c3ccco3)no2)c(=O)[nH]c1=O. The molecule has 1 amide bonds. The number of H-pyrrole nitrogens is 1. The minimum atomic E-state index is -0.714. The Morgan fingerprint density at radius 1 is 1.38 bits per heavy atom. The summed E-state index contributed by atoms with van der Waals surface area (Å²) in [5.41, 5.74) is 4.66. The summed E-state index contributed by atoms with van der Waals surface area (Å²) in [4.78, 5) is 44.4. The van der Waals surface area contributed by atoms with Gasteiger partial charge < -0.3 is 19.6 Å². The number of aromatic nitrogens is 4. The Balaban J connectivity index is 1.73. The summed E-state index contributed by atoms with van der Waals surface area (Å²) in [6.07, 6.45) is 3.22. The molecule has 0 fully saturated rings. The molecule has 0 radical (unpaired) electrons. The van der Waals surface area contributed by atoms with Crippen LogP contribution in [0.15, 0.2) is 36.9 Å². The molecular weight excluding hydrogens is 380 g/mol.